The average Bonchev–Trinajstić information content (AvgIpc) is 3.19. The summed E-state index contributed by atoms with van der Waals surface area (Å²) in [6.45, 7) is 5.64. The molecule has 1 amide bonds. The first-order valence-electron chi connectivity index (χ1n) is 10.6. The van der Waals surface area contributed by atoms with E-state index in [1.54, 1.807) is 7.11 Å². The number of amides is 1. The van der Waals surface area contributed by atoms with Crippen LogP contribution in [-0.2, 0) is 11.0 Å². The second-order valence-electron chi connectivity index (χ2n) is 8.20. The van der Waals surface area contributed by atoms with Crippen LogP contribution in [0, 0.1) is 12.8 Å². The van der Waals surface area contributed by atoms with Gasteiger partial charge in [0.15, 0.2) is 10.8 Å². The lowest BCUT2D eigenvalue weighted by atomic mass is 10.1. The molecule has 1 unspecified atom stereocenters. The normalized spacial score (nSPS) is 12.9. The van der Waals surface area contributed by atoms with Crippen molar-refractivity contribution >= 4 is 39.9 Å². The third-order valence-corrected chi connectivity index (χ3v) is 6.95. The predicted octanol–water partition coefficient (Wildman–Crippen LogP) is 5.97. The summed E-state index contributed by atoms with van der Waals surface area (Å²) < 4.78 is 47.4. The zero-order chi connectivity index (χ0) is 24.6. The number of hydrogen-bond donors (Lipinski definition) is 1. The van der Waals surface area contributed by atoms with Crippen molar-refractivity contribution in [3.63, 3.8) is 0 Å². The number of aromatic nitrogens is 3. The van der Waals surface area contributed by atoms with Crippen molar-refractivity contribution in [3.05, 3.63) is 59.7 Å². The summed E-state index contributed by atoms with van der Waals surface area (Å²) >= 11 is 1.16. The van der Waals surface area contributed by atoms with E-state index in [4.69, 9.17) is 4.74 Å². The van der Waals surface area contributed by atoms with E-state index >= 15 is 0 Å². The molecule has 34 heavy (non-hydrogen) atoms. The van der Waals surface area contributed by atoms with Gasteiger partial charge in [0.05, 0.1) is 29.1 Å². The molecule has 178 valence electrons. The summed E-state index contributed by atoms with van der Waals surface area (Å²) in [7, 11) is 1.58. The van der Waals surface area contributed by atoms with Crippen LogP contribution < -0.4 is 10.1 Å². The molecule has 0 radical (unpaired) electrons. The number of carbonyl (C=O) groups excluding carboxylic acids is 1. The van der Waals surface area contributed by atoms with Crippen LogP contribution in [-0.4, -0.2) is 32.9 Å². The maximum Gasteiger partial charge on any atom is 0.418 e. The lowest BCUT2D eigenvalue weighted by molar-refractivity contribution is -0.137. The number of ether oxygens (including phenoxy) is 1. The average molecular weight is 489 g/mol. The van der Waals surface area contributed by atoms with E-state index in [0.717, 1.165) is 34.3 Å². The number of alkyl halides is 3. The van der Waals surface area contributed by atoms with E-state index in [2.05, 4.69) is 15.5 Å². The van der Waals surface area contributed by atoms with E-state index in [-0.39, 0.29) is 11.6 Å². The highest BCUT2D eigenvalue weighted by molar-refractivity contribution is 8.00. The molecule has 10 heteroatoms. The molecule has 0 saturated heterocycles. The van der Waals surface area contributed by atoms with Gasteiger partial charge >= 0.3 is 6.18 Å². The highest BCUT2D eigenvalue weighted by Gasteiger charge is 2.35. The Hall–Kier alpha value is -3.27. The molecule has 2 aromatic carbocycles. The van der Waals surface area contributed by atoms with Gasteiger partial charge in [-0.15, -0.1) is 10.2 Å². The Morgan fingerprint density at radius 3 is 2.53 bits per heavy atom. The highest BCUT2D eigenvalue weighted by Crippen LogP contribution is 2.36. The van der Waals surface area contributed by atoms with E-state index < -0.39 is 22.9 Å². The Morgan fingerprint density at radius 2 is 1.85 bits per heavy atom. The van der Waals surface area contributed by atoms with Crippen LogP contribution in [0.1, 0.15) is 25.0 Å². The van der Waals surface area contributed by atoms with Crippen molar-refractivity contribution < 1.29 is 22.7 Å². The van der Waals surface area contributed by atoms with Crippen LogP contribution in [0.4, 0.5) is 18.9 Å². The minimum Gasteiger partial charge on any atom is -0.497 e. The number of para-hydroxylation sites is 1. The summed E-state index contributed by atoms with van der Waals surface area (Å²) in [6, 6.07) is 12.5. The van der Waals surface area contributed by atoms with Crippen LogP contribution in [0.25, 0.3) is 16.6 Å². The van der Waals surface area contributed by atoms with Crippen LogP contribution in [0.5, 0.6) is 5.75 Å². The summed E-state index contributed by atoms with van der Waals surface area (Å²) in [5, 5.41) is 11.7. The van der Waals surface area contributed by atoms with Crippen molar-refractivity contribution in [2.45, 2.75) is 37.4 Å². The minimum atomic E-state index is -4.58. The van der Waals surface area contributed by atoms with Gasteiger partial charge in [0.1, 0.15) is 5.75 Å². The number of thioether (sulfide) groups is 1. The first kappa shape index (κ1) is 23.9. The van der Waals surface area contributed by atoms with Gasteiger partial charge in [-0.1, -0.05) is 37.7 Å². The standard InChI is InChI=1S/C24H23F3N4O2S/c1-13(2)21(22(32)28-18-8-6-5-7-17(18)24(25,26)27)34-23-30-29-20-11-14(3)16-10-9-15(33-4)12-19(16)31(20)23/h5-13,21H,1-4H3,(H,28,32). The van der Waals surface area contributed by atoms with Crippen molar-refractivity contribution in [1.29, 1.82) is 0 Å². The number of benzene rings is 2. The third kappa shape index (κ3) is 4.54. The quantitative estimate of drug-likeness (QED) is 0.339. The zero-order valence-corrected chi connectivity index (χ0v) is 19.8. The minimum absolute atomic E-state index is 0.193. The molecule has 1 N–H and O–H groups in total. The summed E-state index contributed by atoms with van der Waals surface area (Å²) in [5.74, 6) is -0.0740. The fraction of sp³-hybridized carbons (Fsp3) is 0.292. The largest absolute Gasteiger partial charge is 0.497 e. The van der Waals surface area contributed by atoms with Crippen LogP contribution in [0.2, 0.25) is 0 Å². The van der Waals surface area contributed by atoms with Gasteiger partial charge in [0, 0.05) is 11.5 Å². The molecule has 0 aliphatic heterocycles. The second kappa shape index (κ2) is 9.17. The van der Waals surface area contributed by atoms with Gasteiger partial charge < -0.3 is 10.1 Å². The van der Waals surface area contributed by atoms with Crippen molar-refractivity contribution in [2.75, 3.05) is 12.4 Å². The number of nitrogens with zero attached hydrogens (tertiary/aromatic N) is 3. The molecule has 0 saturated carbocycles. The third-order valence-electron chi connectivity index (χ3n) is 5.46. The number of methoxy groups -OCH3 is 1. The smallest absolute Gasteiger partial charge is 0.418 e. The number of nitrogens with one attached hydrogen (secondary N) is 1. The molecule has 6 nitrogen and oxygen atoms in total. The number of pyridine rings is 1. The maximum absolute atomic E-state index is 13.4. The van der Waals surface area contributed by atoms with Crippen molar-refractivity contribution in [1.82, 2.24) is 14.6 Å². The molecule has 0 spiro atoms. The number of carbonyl (C=O) groups is 1. The molecule has 4 aromatic rings. The molecular formula is C24H23F3N4O2S. The number of hydrogen-bond acceptors (Lipinski definition) is 5. The molecule has 4 rings (SSSR count). The topological polar surface area (TPSA) is 68.5 Å². The van der Waals surface area contributed by atoms with E-state index in [1.807, 2.05) is 49.4 Å². The Morgan fingerprint density at radius 1 is 1.12 bits per heavy atom. The summed E-state index contributed by atoms with van der Waals surface area (Å²) in [5.41, 5.74) is 1.26. The maximum atomic E-state index is 13.4. The van der Waals surface area contributed by atoms with Crippen molar-refractivity contribution in [3.8, 4) is 5.75 Å². The number of rotatable bonds is 6. The summed E-state index contributed by atoms with van der Waals surface area (Å²) in [4.78, 5) is 13.1. The fourth-order valence-electron chi connectivity index (χ4n) is 3.75. The van der Waals surface area contributed by atoms with Crippen LogP contribution >= 0.6 is 11.8 Å². The molecule has 2 aromatic heterocycles. The molecular weight excluding hydrogens is 465 g/mol. The Kier molecular flexibility index (Phi) is 6.44. The second-order valence-corrected chi connectivity index (χ2v) is 9.31. The van der Waals surface area contributed by atoms with Crippen molar-refractivity contribution in [2.24, 2.45) is 5.92 Å². The number of halogens is 3. The predicted molar refractivity (Wildman–Crippen MR) is 126 cm³/mol. The first-order chi connectivity index (χ1) is 16.1. The number of fused-ring (bicyclic) bond motifs is 3. The molecule has 2 heterocycles. The molecule has 0 aliphatic rings. The lowest BCUT2D eigenvalue weighted by Gasteiger charge is -2.21. The van der Waals surface area contributed by atoms with E-state index in [1.165, 1.54) is 18.2 Å². The van der Waals surface area contributed by atoms with E-state index in [9.17, 15) is 18.0 Å². The van der Waals surface area contributed by atoms with E-state index in [0.29, 0.717) is 16.6 Å². The van der Waals surface area contributed by atoms with Crippen LogP contribution in [0.15, 0.2) is 53.7 Å². The molecule has 0 fully saturated rings. The van der Waals surface area contributed by atoms with Gasteiger partial charge in [-0.2, -0.15) is 13.2 Å². The number of anilines is 1. The fourth-order valence-corrected chi connectivity index (χ4v) is 4.81. The zero-order valence-electron chi connectivity index (χ0n) is 19.0. The van der Waals surface area contributed by atoms with Gasteiger partial charge in [-0.3, -0.25) is 9.20 Å². The highest BCUT2D eigenvalue weighted by atomic mass is 32.2. The Bertz CT molecular complexity index is 1370. The Labute approximate surface area is 198 Å². The monoisotopic (exact) mass is 488 g/mol. The van der Waals surface area contributed by atoms with Gasteiger partial charge in [-0.25, -0.2) is 0 Å². The Balaban J connectivity index is 1.72. The molecule has 1 atom stereocenters. The molecule has 0 bridgehead atoms. The summed E-state index contributed by atoms with van der Waals surface area (Å²) in [6.07, 6.45) is -4.58. The van der Waals surface area contributed by atoms with Gasteiger partial charge in [-0.05, 0) is 48.7 Å². The van der Waals surface area contributed by atoms with Gasteiger partial charge in [0.2, 0.25) is 5.91 Å². The van der Waals surface area contributed by atoms with Crippen LogP contribution in [0.3, 0.4) is 0 Å². The number of aryl methyl sites for hydroxylation is 1. The SMILES string of the molecule is COc1ccc2c(C)cc3nnc(SC(C(=O)Nc4ccccc4C(F)(F)F)C(C)C)n3c2c1. The lowest BCUT2D eigenvalue weighted by Crippen LogP contribution is -2.30. The van der Waals surface area contributed by atoms with Gasteiger partial charge in [0.25, 0.3) is 0 Å². The first-order valence-corrected chi connectivity index (χ1v) is 11.4. The molecule has 0 aliphatic carbocycles.